The van der Waals surface area contributed by atoms with Gasteiger partial charge in [-0.1, -0.05) is 26.8 Å². The summed E-state index contributed by atoms with van der Waals surface area (Å²) >= 11 is 0. The van der Waals surface area contributed by atoms with E-state index in [1.165, 1.54) is 0 Å². The molecule has 0 radical (unpaired) electrons. The molecule has 110 valence electrons. The van der Waals surface area contributed by atoms with Crippen molar-refractivity contribution in [2.24, 2.45) is 0 Å². The smallest absolute Gasteiger partial charge is 0.307 e. The molecule has 1 N–H and O–H groups in total. The van der Waals surface area contributed by atoms with E-state index in [0.717, 1.165) is 0 Å². The topological polar surface area (TPSA) is 63.6 Å². The van der Waals surface area contributed by atoms with Crippen LogP contribution in [0.5, 0.6) is 5.75 Å². The van der Waals surface area contributed by atoms with E-state index in [1.54, 1.807) is 18.2 Å². The predicted molar refractivity (Wildman–Crippen MR) is 81.0 cm³/mol. The number of carboxylic acid groups (broad SMARTS) is 1. The molecule has 0 aliphatic carbocycles. The number of hydrogen-bond donors (Lipinski definition) is 1. The Morgan fingerprint density at radius 1 is 1.35 bits per heavy atom. The zero-order valence-corrected chi connectivity index (χ0v) is 13.7. The molecule has 0 atom stereocenters. The Morgan fingerprint density at radius 2 is 1.95 bits per heavy atom. The van der Waals surface area contributed by atoms with E-state index in [9.17, 15) is 9.59 Å². The summed E-state index contributed by atoms with van der Waals surface area (Å²) in [6.07, 6.45) is 0.620. The summed E-state index contributed by atoms with van der Waals surface area (Å²) in [5, 5.41) is 8.81. The lowest BCUT2D eigenvalue weighted by Gasteiger charge is -2.36. The van der Waals surface area contributed by atoms with Gasteiger partial charge in [0, 0.05) is 0 Å². The minimum Gasteiger partial charge on any atom is -0.543 e. The molecule has 0 spiro atoms. The third kappa shape index (κ3) is 3.93. The lowest BCUT2D eigenvalue weighted by atomic mass is 10.1. The standard InChI is InChI=1S/C15H22O4Si/c1-15(2,3)20(4,5)19-13-7-6-11(9-14(17)18)8-12(13)10-16/h6-8,10H,9H2,1-5H3,(H,17,18). The van der Waals surface area contributed by atoms with Crippen LogP contribution in [0.15, 0.2) is 18.2 Å². The minimum absolute atomic E-state index is 0.0346. The van der Waals surface area contributed by atoms with Crippen LogP contribution in [0.25, 0.3) is 0 Å². The molecule has 0 bridgehead atoms. The van der Waals surface area contributed by atoms with Gasteiger partial charge in [0.2, 0.25) is 0 Å². The van der Waals surface area contributed by atoms with E-state index < -0.39 is 14.3 Å². The van der Waals surface area contributed by atoms with Crippen molar-refractivity contribution < 1.29 is 19.1 Å². The molecule has 0 aromatic heterocycles. The van der Waals surface area contributed by atoms with Gasteiger partial charge < -0.3 is 9.53 Å². The molecule has 0 saturated heterocycles. The highest BCUT2D eigenvalue weighted by Crippen LogP contribution is 2.38. The summed E-state index contributed by atoms with van der Waals surface area (Å²) in [5.74, 6) is -0.374. The first-order chi connectivity index (χ1) is 9.06. The zero-order valence-electron chi connectivity index (χ0n) is 12.7. The summed E-state index contributed by atoms with van der Waals surface area (Å²) in [7, 11) is -2.02. The number of hydrogen-bond acceptors (Lipinski definition) is 3. The number of aliphatic carboxylic acids is 1. The number of aldehydes is 1. The highest BCUT2D eigenvalue weighted by Gasteiger charge is 2.39. The number of rotatable bonds is 5. The van der Waals surface area contributed by atoms with Gasteiger partial charge in [0.15, 0.2) is 6.29 Å². The van der Waals surface area contributed by atoms with E-state index in [1.807, 2.05) is 0 Å². The van der Waals surface area contributed by atoms with Crippen molar-refractivity contribution in [1.82, 2.24) is 0 Å². The third-order valence-corrected chi connectivity index (χ3v) is 8.07. The van der Waals surface area contributed by atoms with Gasteiger partial charge in [-0.15, -0.1) is 0 Å². The molecule has 0 saturated carbocycles. The maximum atomic E-state index is 11.2. The molecular formula is C15H22O4Si. The zero-order chi connectivity index (χ0) is 15.6. The van der Waals surface area contributed by atoms with E-state index in [4.69, 9.17) is 9.53 Å². The maximum absolute atomic E-state index is 11.2. The first-order valence-corrected chi connectivity index (χ1v) is 9.46. The molecule has 0 unspecified atom stereocenters. The van der Waals surface area contributed by atoms with Gasteiger partial charge >= 0.3 is 5.97 Å². The van der Waals surface area contributed by atoms with Gasteiger partial charge in [-0.05, 0) is 35.8 Å². The Morgan fingerprint density at radius 3 is 2.40 bits per heavy atom. The summed E-state index contributed by atoms with van der Waals surface area (Å²) in [5.41, 5.74) is 1.01. The van der Waals surface area contributed by atoms with E-state index in [0.29, 0.717) is 23.2 Å². The molecule has 0 heterocycles. The molecule has 0 aliphatic rings. The Labute approximate surface area is 120 Å². The Hall–Kier alpha value is -1.62. The van der Waals surface area contributed by atoms with Crippen molar-refractivity contribution in [2.45, 2.75) is 45.3 Å². The van der Waals surface area contributed by atoms with Gasteiger partial charge in [0.05, 0.1) is 12.0 Å². The first kappa shape index (κ1) is 16.4. The van der Waals surface area contributed by atoms with Crippen LogP contribution in [0.4, 0.5) is 0 Å². The van der Waals surface area contributed by atoms with Crippen LogP contribution in [-0.2, 0) is 11.2 Å². The first-order valence-electron chi connectivity index (χ1n) is 6.56. The Balaban J connectivity index is 3.08. The average molecular weight is 294 g/mol. The lowest BCUT2D eigenvalue weighted by Crippen LogP contribution is -2.44. The largest absolute Gasteiger partial charge is 0.543 e. The lowest BCUT2D eigenvalue weighted by molar-refractivity contribution is -0.136. The molecule has 1 aromatic carbocycles. The Bertz CT molecular complexity index is 515. The van der Waals surface area contributed by atoms with E-state index in [-0.39, 0.29) is 11.5 Å². The second-order valence-electron chi connectivity index (χ2n) is 6.42. The molecule has 4 nitrogen and oxygen atoms in total. The van der Waals surface area contributed by atoms with Crippen molar-refractivity contribution in [2.75, 3.05) is 0 Å². The summed E-state index contributed by atoms with van der Waals surface area (Å²) < 4.78 is 6.11. The quantitative estimate of drug-likeness (QED) is 0.666. The van der Waals surface area contributed by atoms with Crippen LogP contribution in [0.1, 0.15) is 36.7 Å². The molecule has 0 amide bonds. The maximum Gasteiger partial charge on any atom is 0.307 e. The number of carboxylic acids is 1. The molecule has 5 heteroatoms. The fraction of sp³-hybridized carbons (Fsp3) is 0.467. The molecule has 20 heavy (non-hydrogen) atoms. The predicted octanol–water partition coefficient (Wildman–Crippen LogP) is 3.51. The van der Waals surface area contributed by atoms with Crippen molar-refractivity contribution in [3.63, 3.8) is 0 Å². The number of carbonyl (C=O) groups excluding carboxylic acids is 1. The van der Waals surface area contributed by atoms with Crippen molar-refractivity contribution in [1.29, 1.82) is 0 Å². The molecule has 1 aromatic rings. The van der Waals surface area contributed by atoms with Gasteiger partial charge in [0.1, 0.15) is 5.75 Å². The third-order valence-electron chi connectivity index (χ3n) is 3.73. The average Bonchev–Trinajstić information content (AvgIpc) is 2.28. The van der Waals surface area contributed by atoms with Crippen molar-refractivity contribution in [3.05, 3.63) is 29.3 Å². The fourth-order valence-corrected chi connectivity index (χ4v) is 2.54. The monoisotopic (exact) mass is 294 g/mol. The number of benzene rings is 1. The second kappa shape index (κ2) is 5.79. The van der Waals surface area contributed by atoms with Gasteiger partial charge in [-0.3, -0.25) is 9.59 Å². The van der Waals surface area contributed by atoms with E-state index in [2.05, 4.69) is 33.9 Å². The summed E-state index contributed by atoms with van der Waals surface area (Å²) in [4.78, 5) is 21.9. The minimum atomic E-state index is -2.02. The highest BCUT2D eigenvalue weighted by molar-refractivity contribution is 6.74. The van der Waals surface area contributed by atoms with Crippen LogP contribution < -0.4 is 4.43 Å². The van der Waals surface area contributed by atoms with Crippen LogP contribution in [-0.4, -0.2) is 25.7 Å². The van der Waals surface area contributed by atoms with E-state index >= 15 is 0 Å². The van der Waals surface area contributed by atoms with Crippen LogP contribution in [0, 0.1) is 0 Å². The Kier molecular flexibility index (Phi) is 4.75. The molecular weight excluding hydrogens is 272 g/mol. The SMILES string of the molecule is CC(C)(C)[Si](C)(C)Oc1ccc(CC(=O)O)cc1C=O. The highest BCUT2D eigenvalue weighted by atomic mass is 28.4. The molecule has 0 aliphatic heterocycles. The summed E-state index contributed by atoms with van der Waals surface area (Å²) in [6, 6.07) is 4.98. The number of carbonyl (C=O) groups is 2. The van der Waals surface area contributed by atoms with Gasteiger partial charge in [0.25, 0.3) is 8.32 Å². The normalized spacial score (nSPS) is 12.1. The van der Waals surface area contributed by atoms with Crippen LogP contribution in [0.2, 0.25) is 18.1 Å². The van der Waals surface area contributed by atoms with Gasteiger partial charge in [-0.2, -0.15) is 0 Å². The van der Waals surface area contributed by atoms with Crippen LogP contribution >= 0.6 is 0 Å². The summed E-state index contributed by atoms with van der Waals surface area (Å²) in [6.45, 7) is 10.6. The van der Waals surface area contributed by atoms with Crippen molar-refractivity contribution in [3.8, 4) is 5.75 Å². The second-order valence-corrected chi connectivity index (χ2v) is 11.1. The van der Waals surface area contributed by atoms with Crippen molar-refractivity contribution >= 4 is 20.6 Å². The fourth-order valence-electron chi connectivity index (χ4n) is 1.50. The van der Waals surface area contributed by atoms with Crippen LogP contribution in [0.3, 0.4) is 0 Å². The molecule has 0 fully saturated rings. The molecule has 1 rings (SSSR count). The van der Waals surface area contributed by atoms with Gasteiger partial charge in [-0.25, -0.2) is 0 Å².